The van der Waals surface area contributed by atoms with Gasteiger partial charge in [-0.15, -0.1) is 11.8 Å². The van der Waals surface area contributed by atoms with Crippen molar-refractivity contribution in [2.24, 2.45) is 0 Å². The van der Waals surface area contributed by atoms with E-state index in [4.69, 9.17) is 16.3 Å². The summed E-state index contributed by atoms with van der Waals surface area (Å²) in [5.41, 5.74) is 0.527. The summed E-state index contributed by atoms with van der Waals surface area (Å²) < 4.78 is 28.2. The Bertz CT molecular complexity index is 648. The first kappa shape index (κ1) is 17.4. The zero-order valence-corrected chi connectivity index (χ0v) is 14.6. The van der Waals surface area contributed by atoms with Crippen molar-refractivity contribution in [3.63, 3.8) is 0 Å². The van der Waals surface area contributed by atoms with Crippen LogP contribution in [-0.4, -0.2) is 43.4 Å². The number of benzene rings is 1. The molecule has 5 nitrogen and oxygen atoms in total. The number of rotatable bonds is 6. The molecule has 0 aromatic heterocycles. The van der Waals surface area contributed by atoms with Crippen LogP contribution in [0.3, 0.4) is 0 Å². The number of amides is 1. The minimum Gasteiger partial charge on any atom is -0.492 e. The average molecular weight is 364 g/mol. The zero-order chi connectivity index (χ0) is 16.2. The highest BCUT2D eigenvalue weighted by Crippen LogP contribution is 2.29. The largest absolute Gasteiger partial charge is 0.492 e. The molecule has 1 heterocycles. The third-order valence-electron chi connectivity index (χ3n) is 3.16. The molecule has 2 rings (SSSR count). The summed E-state index contributed by atoms with van der Waals surface area (Å²) in [7, 11) is -2.91. The summed E-state index contributed by atoms with van der Waals surface area (Å²) in [6.45, 7) is 2.34. The van der Waals surface area contributed by atoms with E-state index >= 15 is 0 Å². The third-order valence-corrected chi connectivity index (χ3v) is 6.67. The number of sulfone groups is 1. The molecule has 0 unspecified atom stereocenters. The van der Waals surface area contributed by atoms with Gasteiger partial charge in [0.25, 0.3) is 0 Å². The summed E-state index contributed by atoms with van der Waals surface area (Å²) in [4.78, 5) is 12.0. The average Bonchev–Trinajstić information content (AvgIpc) is 2.79. The Morgan fingerprint density at radius 1 is 1.50 bits per heavy atom. The van der Waals surface area contributed by atoms with Crippen LogP contribution in [0.15, 0.2) is 18.2 Å². The fourth-order valence-corrected chi connectivity index (χ4v) is 5.77. The second-order valence-electron chi connectivity index (χ2n) is 4.96. The zero-order valence-electron chi connectivity index (χ0n) is 12.2. The highest BCUT2D eigenvalue weighted by atomic mass is 35.5. The van der Waals surface area contributed by atoms with Crippen molar-refractivity contribution >= 4 is 44.8 Å². The molecule has 1 amide bonds. The minimum absolute atomic E-state index is 0.00136. The molecule has 8 heteroatoms. The van der Waals surface area contributed by atoms with Crippen LogP contribution in [0.5, 0.6) is 5.75 Å². The van der Waals surface area contributed by atoms with Gasteiger partial charge in [0.2, 0.25) is 5.91 Å². The van der Waals surface area contributed by atoms with Crippen molar-refractivity contribution in [1.29, 1.82) is 0 Å². The highest BCUT2D eigenvalue weighted by Gasteiger charge is 2.28. The number of nitrogens with one attached hydrogen (secondary N) is 1. The van der Waals surface area contributed by atoms with E-state index in [2.05, 4.69) is 5.32 Å². The first-order chi connectivity index (χ1) is 10.4. The fraction of sp³-hybridized carbons (Fsp3) is 0.500. The Labute approximate surface area is 139 Å². The van der Waals surface area contributed by atoms with Crippen LogP contribution in [0.4, 0.5) is 5.69 Å². The Morgan fingerprint density at radius 2 is 2.27 bits per heavy atom. The molecular weight excluding hydrogens is 346 g/mol. The molecule has 0 spiro atoms. The number of carbonyl (C=O) groups is 1. The van der Waals surface area contributed by atoms with Crippen LogP contribution < -0.4 is 10.1 Å². The normalized spacial score (nSPS) is 19.8. The molecule has 1 aromatic carbocycles. The van der Waals surface area contributed by atoms with Gasteiger partial charge in [-0.05, 0) is 31.5 Å². The van der Waals surface area contributed by atoms with Crippen LogP contribution >= 0.6 is 23.4 Å². The van der Waals surface area contributed by atoms with E-state index in [1.807, 2.05) is 6.92 Å². The number of hydrogen-bond acceptors (Lipinski definition) is 5. The maximum atomic E-state index is 12.0. The van der Waals surface area contributed by atoms with Gasteiger partial charge in [-0.1, -0.05) is 11.6 Å². The number of thioether (sulfide) groups is 1. The highest BCUT2D eigenvalue weighted by molar-refractivity contribution is 8.02. The molecule has 122 valence electrons. The third kappa shape index (κ3) is 5.07. The Morgan fingerprint density at radius 3 is 2.91 bits per heavy atom. The molecule has 1 N–H and O–H groups in total. The molecule has 0 aliphatic carbocycles. The SMILES string of the molecule is CCOc1ccc(Cl)cc1NC(=O)CS[C@@H]1CCS(=O)(=O)C1. The van der Waals surface area contributed by atoms with Gasteiger partial charge in [-0.25, -0.2) is 8.42 Å². The van der Waals surface area contributed by atoms with Gasteiger partial charge in [0.15, 0.2) is 9.84 Å². The Balaban J connectivity index is 1.90. The molecule has 0 saturated carbocycles. The first-order valence-corrected chi connectivity index (χ1v) is 10.2. The van der Waals surface area contributed by atoms with E-state index in [-0.39, 0.29) is 28.4 Å². The molecule has 0 radical (unpaired) electrons. The van der Waals surface area contributed by atoms with E-state index in [1.165, 1.54) is 11.8 Å². The molecule has 1 fully saturated rings. The van der Waals surface area contributed by atoms with Crippen LogP contribution in [0.25, 0.3) is 0 Å². The summed E-state index contributed by atoms with van der Waals surface area (Å²) in [5.74, 6) is 0.950. The monoisotopic (exact) mass is 363 g/mol. The van der Waals surface area contributed by atoms with Crippen molar-refractivity contribution in [2.45, 2.75) is 18.6 Å². The standard InChI is InChI=1S/C14H18ClNO4S2/c1-2-20-13-4-3-10(15)7-12(13)16-14(17)8-21-11-5-6-22(18,19)9-11/h3-4,7,11H,2,5-6,8-9H2,1H3,(H,16,17)/t11-/m1/s1. The van der Waals surface area contributed by atoms with E-state index in [0.717, 1.165) is 0 Å². The summed E-state index contributed by atoms with van der Waals surface area (Å²) >= 11 is 7.31. The van der Waals surface area contributed by atoms with Crippen LogP contribution in [0.1, 0.15) is 13.3 Å². The van der Waals surface area contributed by atoms with Crippen molar-refractivity contribution in [3.8, 4) is 5.75 Å². The lowest BCUT2D eigenvalue weighted by Gasteiger charge is -2.12. The van der Waals surface area contributed by atoms with Gasteiger partial charge >= 0.3 is 0 Å². The Kier molecular flexibility index (Phi) is 6.00. The molecule has 22 heavy (non-hydrogen) atoms. The van der Waals surface area contributed by atoms with Gasteiger partial charge in [0, 0.05) is 10.3 Å². The van der Waals surface area contributed by atoms with Crippen molar-refractivity contribution < 1.29 is 17.9 Å². The topological polar surface area (TPSA) is 72.5 Å². The number of carbonyl (C=O) groups excluding carboxylic acids is 1. The predicted octanol–water partition coefficient (Wildman–Crippen LogP) is 2.60. The van der Waals surface area contributed by atoms with Gasteiger partial charge in [0.1, 0.15) is 5.75 Å². The summed E-state index contributed by atoms with van der Waals surface area (Å²) in [6.07, 6.45) is 0.613. The second kappa shape index (κ2) is 7.57. The lowest BCUT2D eigenvalue weighted by Crippen LogP contribution is -2.17. The molecule has 1 aliphatic rings. The maximum absolute atomic E-state index is 12.0. The van der Waals surface area contributed by atoms with Crippen LogP contribution in [0.2, 0.25) is 5.02 Å². The number of ether oxygens (including phenoxy) is 1. The lowest BCUT2D eigenvalue weighted by atomic mass is 10.3. The smallest absolute Gasteiger partial charge is 0.234 e. The van der Waals surface area contributed by atoms with E-state index in [9.17, 15) is 13.2 Å². The molecule has 1 aliphatic heterocycles. The maximum Gasteiger partial charge on any atom is 0.234 e. The van der Waals surface area contributed by atoms with Crippen molar-refractivity contribution in [1.82, 2.24) is 0 Å². The van der Waals surface area contributed by atoms with Gasteiger partial charge in [-0.2, -0.15) is 0 Å². The summed E-state index contributed by atoms with van der Waals surface area (Å²) in [6, 6.07) is 5.04. The lowest BCUT2D eigenvalue weighted by molar-refractivity contribution is -0.113. The molecule has 1 atom stereocenters. The molecular formula is C14H18ClNO4S2. The van der Waals surface area contributed by atoms with Gasteiger partial charge < -0.3 is 10.1 Å². The van der Waals surface area contributed by atoms with Gasteiger partial charge in [0.05, 0.1) is 29.6 Å². The number of hydrogen-bond donors (Lipinski definition) is 1. The van der Waals surface area contributed by atoms with Crippen molar-refractivity contribution in [2.75, 3.05) is 29.2 Å². The minimum atomic E-state index is -2.91. The number of anilines is 1. The number of halogens is 1. The quantitative estimate of drug-likeness (QED) is 0.841. The van der Waals surface area contributed by atoms with Crippen molar-refractivity contribution in [3.05, 3.63) is 23.2 Å². The van der Waals surface area contributed by atoms with Gasteiger partial charge in [-0.3, -0.25) is 4.79 Å². The molecule has 1 saturated heterocycles. The van der Waals surface area contributed by atoms with E-state index in [1.54, 1.807) is 18.2 Å². The first-order valence-electron chi connectivity index (χ1n) is 6.94. The van der Waals surface area contributed by atoms with E-state index < -0.39 is 9.84 Å². The Hall–Kier alpha value is -0.920. The van der Waals surface area contributed by atoms with E-state index in [0.29, 0.717) is 29.5 Å². The molecule has 1 aromatic rings. The summed E-state index contributed by atoms with van der Waals surface area (Å²) in [5, 5.41) is 3.27. The molecule has 0 bridgehead atoms. The van der Waals surface area contributed by atoms with Crippen LogP contribution in [0, 0.1) is 0 Å². The predicted molar refractivity (Wildman–Crippen MR) is 90.8 cm³/mol. The second-order valence-corrected chi connectivity index (χ2v) is 8.91. The fourth-order valence-electron chi connectivity index (χ4n) is 2.15. The van der Waals surface area contributed by atoms with Crippen LogP contribution in [-0.2, 0) is 14.6 Å².